The first kappa shape index (κ1) is 20.3. The Morgan fingerprint density at radius 1 is 0.903 bits per heavy atom. The molecule has 0 aliphatic carbocycles. The van der Waals surface area contributed by atoms with Crippen molar-refractivity contribution in [3.8, 4) is 0 Å². The van der Waals surface area contributed by atoms with Crippen molar-refractivity contribution in [1.82, 2.24) is 4.98 Å². The zero-order valence-corrected chi connectivity index (χ0v) is 17.5. The molecule has 3 aromatic carbocycles. The Morgan fingerprint density at radius 3 is 2.39 bits per heavy atom. The van der Waals surface area contributed by atoms with Gasteiger partial charge in [-0.1, -0.05) is 37.3 Å². The molecule has 0 saturated carbocycles. The van der Waals surface area contributed by atoms with Crippen LogP contribution in [0.25, 0.3) is 10.9 Å². The number of carbonyl (C=O) groups excluding carboxylic acids is 2. The number of benzene rings is 3. The molecular weight excluding hydrogens is 386 g/mol. The molecule has 0 fully saturated rings. The Balaban J connectivity index is 1.54. The summed E-state index contributed by atoms with van der Waals surface area (Å²) in [5.41, 5.74) is 5.40. The third kappa shape index (κ3) is 4.31. The first-order chi connectivity index (χ1) is 15.1. The zero-order chi connectivity index (χ0) is 21.8. The predicted octanol–water partition coefficient (Wildman–Crippen LogP) is 6.13. The summed E-state index contributed by atoms with van der Waals surface area (Å²) in [7, 11) is 0. The number of hydrogen-bond acceptors (Lipinski definition) is 4. The van der Waals surface area contributed by atoms with Gasteiger partial charge in [-0.25, -0.2) is 0 Å². The summed E-state index contributed by atoms with van der Waals surface area (Å²) in [6, 6.07) is 22.3. The summed E-state index contributed by atoms with van der Waals surface area (Å²) < 4.78 is 0. The Hall–Kier alpha value is -3.99. The Kier molecular flexibility index (Phi) is 5.76. The standard InChI is InChI=1S/C26H23N3O2/c1-3-24(30)20-8-4-7-11-23(20)29-26(31)18-12-14-19(15-13-18)28-25-17(2)16-27-22-10-6-5-9-21(22)25/h4-16H,3H2,1-2H3,(H,27,28)(H,29,31). The van der Waals surface area contributed by atoms with Gasteiger partial charge in [0.05, 0.1) is 16.9 Å². The first-order valence-corrected chi connectivity index (χ1v) is 10.2. The van der Waals surface area contributed by atoms with Crippen molar-refractivity contribution in [2.75, 3.05) is 10.6 Å². The fraction of sp³-hybridized carbons (Fsp3) is 0.115. The van der Waals surface area contributed by atoms with Crippen molar-refractivity contribution in [2.24, 2.45) is 0 Å². The summed E-state index contributed by atoms with van der Waals surface area (Å²) in [6.45, 7) is 3.82. The van der Waals surface area contributed by atoms with Crippen molar-refractivity contribution >= 4 is 39.7 Å². The minimum atomic E-state index is -0.256. The second-order valence-electron chi connectivity index (χ2n) is 7.31. The monoisotopic (exact) mass is 409 g/mol. The van der Waals surface area contributed by atoms with Crippen LogP contribution >= 0.6 is 0 Å². The zero-order valence-electron chi connectivity index (χ0n) is 17.5. The SMILES string of the molecule is CCC(=O)c1ccccc1NC(=O)c1ccc(Nc2c(C)cnc3ccccc23)cc1. The van der Waals surface area contributed by atoms with E-state index in [-0.39, 0.29) is 11.7 Å². The van der Waals surface area contributed by atoms with Crippen LogP contribution in [-0.4, -0.2) is 16.7 Å². The molecule has 2 N–H and O–H groups in total. The van der Waals surface area contributed by atoms with E-state index in [4.69, 9.17) is 0 Å². The molecule has 1 heterocycles. The maximum absolute atomic E-state index is 12.7. The largest absolute Gasteiger partial charge is 0.355 e. The summed E-state index contributed by atoms with van der Waals surface area (Å²) in [5, 5.41) is 7.35. The molecule has 0 aliphatic heterocycles. The molecule has 4 rings (SSSR count). The van der Waals surface area contributed by atoms with Gasteiger partial charge in [0, 0.05) is 34.8 Å². The minimum absolute atomic E-state index is 0.00426. The molecule has 0 spiro atoms. The van der Waals surface area contributed by atoms with Crippen LogP contribution in [0.2, 0.25) is 0 Å². The van der Waals surface area contributed by atoms with Gasteiger partial charge in [0.25, 0.3) is 5.91 Å². The molecule has 31 heavy (non-hydrogen) atoms. The van der Waals surface area contributed by atoms with Crippen LogP contribution in [0.3, 0.4) is 0 Å². The average Bonchev–Trinajstić information content (AvgIpc) is 2.81. The van der Waals surface area contributed by atoms with E-state index in [1.165, 1.54) is 0 Å². The van der Waals surface area contributed by atoms with Crippen molar-refractivity contribution in [3.05, 3.63) is 95.7 Å². The number of nitrogens with zero attached hydrogens (tertiary/aromatic N) is 1. The van der Waals surface area contributed by atoms with Crippen molar-refractivity contribution in [2.45, 2.75) is 20.3 Å². The van der Waals surface area contributed by atoms with Crippen LogP contribution in [0.4, 0.5) is 17.1 Å². The van der Waals surface area contributed by atoms with E-state index in [0.717, 1.165) is 27.8 Å². The van der Waals surface area contributed by atoms with Gasteiger partial charge in [-0.3, -0.25) is 14.6 Å². The second kappa shape index (κ2) is 8.79. The first-order valence-electron chi connectivity index (χ1n) is 10.2. The number of hydrogen-bond donors (Lipinski definition) is 2. The third-order valence-electron chi connectivity index (χ3n) is 5.18. The van der Waals surface area contributed by atoms with Crippen LogP contribution in [0.1, 0.15) is 39.6 Å². The third-order valence-corrected chi connectivity index (χ3v) is 5.18. The molecule has 0 saturated heterocycles. The fourth-order valence-corrected chi connectivity index (χ4v) is 3.48. The lowest BCUT2D eigenvalue weighted by atomic mass is 10.1. The highest BCUT2D eigenvalue weighted by molar-refractivity contribution is 6.09. The van der Waals surface area contributed by atoms with Gasteiger partial charge in [-0.15, -0.1) is 0 Å². The predicted molar refractivity (Wildman–Crippen MR) is 125 cm³/mol. The lowest BCUT2D eigenvalue weighted by Gasteiger charge is -2.13. The number of aryl methyl sites for hydroxylation is 1. The Bertz CT molecular complexity index is 1260. The summed E-state index contributed by atoms with van der Waals surface area (Å²) >= 11 is 0. The van der Waals surface area contributed by atoms with Crippen molar-refractivity contribution < 1.29 is 9.59 Å². The average molecular weight is 409 g/mol. The molecule has 0 aliphatic rings. The number of carbonyl (C=O) groups is 2. The lowest BCUT2D eigenvalue weighted by molar-refractivity contribution is 0.0989. The molecule has 0 bridgehead atoms. The molecule has 1 aromatic heterocycles. The van der Waals surface area contributed by atoms with E-state index in [0.29, 0.717) is 23.2 Å². The number of fused-ring (bicyclic) bond motifs is 1. The lowest BCUT2D eigenvalue weighted by Crippen LogP contribution is -2.14. The van der Waals surface area contributed by atoms with E-state index in [2.05, 4.69) is 15.6 Å². The van der Waals surface area contributed by atoms with Crippen molar-refractivity contribution in [1.29, 1.82) is 0 Å². The smallest absolute Gasteiger partial charge is 0.255 e. The number of Topliss-reactive ketones (excluding diaryl/α,β-unsaturated/α-hetero) is 1. The van der Waals surface area contributed by atoms with Crippen LogP contribution in [0.15, 0.2) is 79.0 Å². The van der Waals surface area contributed by atoms with Gasteiger partial charge in [0.15, 0.2) is 5.78 Å². The highest BCUT2D eigenvalue weighted by Crippen LogP contribution is 2.28. The van der Waals surface area contributed by atoms with E-state index >= 15 is 0 Å². The Morgan fingerprint density at radius 2 is 1.61 bits per heavy atom. The van der Waals surface area contributed by atoms with Crippen LogP contribution in [0, 0.1) is 6.92 Å². The van der Waals surface area contributed by atoms with Gasteiger partial charge in [0.2, 0.25) is 0 Å². The molecule has 1 amide bonds. The molecule has 0 unspecified atom stereocenters. The number of nitrogens with one attached hydrogen (secondary N) is 2. The number of para-hydroxylation sites is 2. The van der Waals surface area contributed by atoms with Gasteiger partial charge in [-0.2, -0.15) is 0 Å². The maximum Gasteiger partial charge on any atom is 0.255 e. The van der Waals surface area contributed by atoms with Gasteiger partial charge in [0.1, 0.15) is 0 Å². The van der Waals surface area contributed by atoms with E-state index in [1.807, 2.05) is 49.5 Å². The van der Waals surface area contributed by atoms with E-state index < -0.39 is 0 Å². The van der Waals surface area contributed by atoms with E-state index in [1.54, 1.807) is 43.3 Å². The molecule has 0 atom stereocenters. The number of pyridine rings is 1. The quantitative estimate of drug-likeness (QED) is 0.376. The highest BCUT2D eigenvalue weighted by Gasteiger charge is 2.13. The van der Waals surface area contributed by atoms with Crippen LogP contribution < -0.4 is 10.6 Å². The summed E-state index contributed by atoms with van der Waals surface area (Å²) in [4.78, 5) is 29.3. The maximum atomic E-state index is 12.7. The van der Waals surface area contributed by atoms with Gasteiger partial charge < -0.3 is 10.6 Å². The number of ketones is 1. The van der Waals surface area contributed by atoms with Gasteiger partial charge >= 0.3 is 0 Å². The van der Waals surface area contributed by atoms with Gasteiger partial charge in [-0.05, 0) is 55.0 Å². The summed E-state index contributed by atoms with van der Waals surface area (Å²) in [6.07, 6.45) is 2.23. The second-order valence-corrected chi connectivity index (χ2v) is 7.31. The van der Waals surface area contributed by atoms with Crippen molar-refractivity contribution in [3.63, 3.8) is 0 Å². The van der Waals surface area contributed by atoms with Crippen LogP contribution in [-0.2, 0) is 0 Å². The molecule has 5 nitrogen and oxygen atoms in total. The highest BCUT2D eigenvalue weighted by atomic mass is 16.1. The molecule has 4 aromatic rings. The molecule has 0 radical (unpaired) electrons. The normalized spacial score (nSPS) is 10.6. The number of aromatic nitrogens is 1. The number of anilines is 3. The molecule has 154 valence electrons. The summed E-state index contributed by atoms with van der Waals surface area (Å²) in [5.74, 6) is -0.260. The fourth-order valence-electron chi connectivity index (χ4n) is 3.48. The topological polar surface area (TPSA) is 71.1 Å². The molecule has 5 heteroatoms. The van der Waals surface area contributed by atoms with E-state index in [9.17, 15) is 9.59 Å². The number of rotatable bonds is 6. The minimum Gasteiger partial charge on any atom is -0.355 e. The Labute approximate surface area is 181 Å². The number of amides is 1. The van der Waals surface area contributed by atoms with Crippen LogP contribution in [0.5, 0.6) is 0 Å². The molecular formula is C26H23N3O2.